The second kappa shape index (κ2) is 6.34. The maximum absolute atomic E-state index is 12.7. The highest BCUT2D eigenvalue weighted by molar-refractivity contribution is 6.07. The van der Waals surface area contributed by atoms with E-state index in [1.54, 1.807) is 0 Å². The van der Waals surface area contributed by atoms with Gasteiger partial charge in [0.05, 0.1) is 6.67 Å². The molecule has 21 heavy (non-hydrogen) atoms. The van der Waals surface area contributed by atoms with Gasteiger partial charge >= 0.3 is 6.03 Å². The number of imide groups is 1. The second-order valence-corrected chi connectivity index (χ2v) is 6.83. The van der Waals surface area contributed by atoms with Gasteiger partial charge in [0, 0.05) is 0 Å². The zero-order valence-electron chi connectivity index (χ0n) is 12.9. The highest BCUT2D eigenvalue weighted by atomic mass is 16.2. The fourth-order valence-electron chi connectivity index (χ4n) is 3.95. The van der Waals surface area contributed by atoms with Gasteiger partial charge in [-0.2, -0.15) is 0 Å². The lowest BCUT2D eigenvalue weighted by Crippen LogP contribution is -2.49. The molecule has 2 saturated heterocycles. The summed E-state index contributed by atoms with van der Waals surface area (Å²) in [5.74, 6) is 0.0225. The first-order valence-electron chi connectivity index (χ1n) is 8.58. The van der Waals surface area contributed by atoms with Crippen molar-refractivity contribution in [2.75, 3.05) is 19.8 Å². The summed E-state index contributed by atoms with van der Waals surface area (Å²) in [6.45, 7) is 2.49. The predicted molar refractivity (Wildman–Crippen MR) is 80.7 cm³/mol. The number of hydrogen-bond acceptors (Lipinski definition) is 3. The molecule has 1 saturated carbocycles. The Morgan fingerprint density at radius 1 is 0.857 bits per heavy atom. The van der Waals surface area contributed by atoms with Crippen LogP contribution in [-0.2, 0) is 4.79 Å². The number of nitrogens with zero attached hydrogens (tertiary/aromatic N) is 2. The van der Waals surface area contributed by atoms with Crippen LogP contribution in [0.5, 0.6) is 0 Å². The molecule has 0 bridgehead atoms. The molecule has 1 N–H and O–H groups in total. The monoisotopic (exact) mass is 293 g/mol. The van der Waals surface area contributed by atoms with Crippen molar-refractivity contribution in [3.8, 4) is 0 Å². The third kappa shape index (κ3) is 3.07. The molecule has 3 fully saturated rings. The first-order chi connectivity index (χ1) is 10.2. The van der Waals surface area contributed by atoms with Crippen molar-refractivity contribution in [3.63, 3.8) is 0 Å². The molecule has 118 valence electrons. The molecule has 3 aliphatic rings. The van der Waals surface area contributed by atoms with E-state index < -0.39 is 5.54 Å². The van der Waals surface area contributed by atoms with Gasteiger partial charge in [0.1, 0.15) is 5.54 Å². The maximum atomic E-state index is 12.7. The molecule has 0 atom stereocenters. The molecule has 0 unspecified atom stereocenters. The van der Waals surface area contributed by atoms with Crippen LogP contribution in [0.3, 0.4) is 0 Å². The minimum absolute atomic E-state index is 0.0225. The summed E-state index contributed by atoms with van der Waals surface area (Å²) in [6, 6.07) is -0.177. The van der Waals surface area contributed by atoms with E-state index in [-0.39, 0.29) is 11.9 Å². The van der Waals surface area contributed by atoms with Gasteiger partial charge in [-0.05, 0) is 38.8 Å². The minimum atomic E-state index is -0.571. The lowest BCUT2D eigenvalue weighted by molar-refractivity contribution is -0.133. The molecular formula is C16H27N3O2. The number of amides is 3. The van der Waals surface area contributed by atoms with E-state index in [1.807, 2.05) is 0 Å². The Balaban J connectivity index is 1.64. The van der Waals surface area contributed by atoms with Crippen LogP contribution < -0.4 is 5.32 Å². The lowest BCUT2D eigenvalue weighted by Gasteiger charge is -2.31. The van der Waals surface area contributed by atoms with Crippen LogP contribution >= 0.6 is 0 Å². The van der Waals surface area contributed by atoms with Crippen molar-refractivity contribution < 1.29 is 9.59 Å². The Labute approximate surface area is 127 Å². The molecule has 3 rings (SSSR count). The molecule has 2 aliphatic heterocycles. The summed E-state index contributed by atoms with van der Waals surface area (Å²) in [5.41, 5.74) is -0.571. The highest BCUT2D eigenvalue weighted by Gasteiger charge is 2.51. The van der Waals surface area contributed by atoms with Crippen LogP contribution in [0, 0.1) is 0 Å². The van der Waals surface area contributed by atoms with Crippen LogP contribution in [-0.4, -0.2) is 47.0 Å². The third-order valence-electron chi connectivity index (χ3n) is 5.24. The van der Waals surface area contributed by atoms with Crippen molar-refractivity contribution in [2.24, 2.45) is 0 Å². The van der Waals surface area contributed by atoms with Gasteiger partial charge in [-0.1, -0.05) is 38.5 Å². The number of urea groups is 1. The van der Waals surface area contributed by atoms with Crippen LogP contribution in [0.2, 0.25) is 0 Å². The predicted octanol–water partition coefficient (Wildman–Crippen LogP) is 2.46. The number of carbonyl (C=O) groups excluding carboxylic acids is 2. The third-order valence-corrected chi connectivity index (χ3v) is 5.24. The van der Waals surface area contributed by atoms with Gasteiger partial charge in [0.2, 0.25) is 0 Å². The highest BCUT2D eigenvalue weighted by Crippen LogP contribution is 2.33. The van der Waals surface area contributed by atoms with Crippen molar-refractivity contribution in [3.05, 3.63) is 0 Å². The zero-order valence-corrected chi connectivity index (χ0v) is 12.9. The van der Waals surface area contributed by atoms with E-state index in [0.717, 1.165) is 38.8 Å². The lowest BCUT2D eigenvalue weighted by atomic mass is 9.82. The fourth-order valence-corrected chi connectivity index (χ4v) is 3.95. The number of likely N-dealkylation sites (tertiary alicyclic amines) is 1. The molecule has 5 heteroatoms. The van der Waals surface area contributed by atoms with E-state index in [1.165, 1.54) is 43.4 Å². The van der Waals surface area contributed by atoms with Crippen LogP contribution in [0.1, 0.15) is 64.2 Å². The minimum Gasteiger partial charge on any atom is -0.323 e. The van der Waals surface area contributed by atoms with Crippen molar-refractivity contribution in [1.29, 1.82) is 0 Å². The van der Waals surface area contributed by atoms with Gasteiger partial charge in [0.25, 0.3) is 5.91 Å². The van der Waals surface area contributed by atoms with Crippen LogP contribution in [0.4, 0.5) is 4.79 Å². The molecule has 5 nitrogen and oxygen atoms in total. The smallest absolute Gasteiger partial charge is 0.323 e. The van der Waals surface area contributed by atoms with E-state index in [2.05, 4.69) is 10.2 Å². The number of rotatable bonds is 2. The molecule has 0 aromatic carbocycles. The normalized spacial score (nSPS) is 27.5. The summed E-state index contributed by atoms with van der Waals surface area (Å²) in [4.78, 5) is 28.7. The van der Waals surface area contributed by atoms with Crippen LogP contribution in [0.15, 0.2) is 0 Å². The van der Waals surface area contributed by atoms with Crippen molar-refractivity contribution in [1.82, 2.24) is 15.1 Å². The van der Waals surface area contributed by atoms with Crippen molar-refractivity contribution >= 4 is 11.9 Å². The molecule has 1 spiro atoms. The molecule has 1 aliphatic carbocycles. The Bertz CT molecular complexity index is 396. The summed E-state index contributed by atoms with van der Waals surface area (Å²) < 4.78 is 0. The average molecular weight is 293 g/mol. The number of nitrogens with one attached hydrogen (secondary N) is 1. The van der Waals surface area contributed by atoms with Gasteiger partial charge in [-0.25, -0.2) is 9.69 Å². The fraction of sp³-hybridized carbons (Fsp3) is 0.875. The van der Waals surface area contributed by atoms with Gasteiger partial charge in [-0.15, -0.1) is 0 Å². The molecule has 0 aromatic heterocycles. The SMILES string of the molecule is O=C1NC2(CCCCC2)C(=O)N1CN1CCCCCCC1. The molecular weight excluding hydrogens is 266 g/mol. The summed E-state index contributed by atoms with van der Waals surface area (Å²) in [7, 11) is 0. The Kier molecular flexibility index (Phi) is 4.48. The van der Waals surface area contributed by atoms with Crippen LogP contribution in [0.25, 0.3) is 0 Å². The van der Waals surface area contributed by atoms with E-state index in [4.69, 9.17) is 0 Å². The molecule has 3 amide bonds. The van der Waals surface area contributed by atoms with Gasteiger partial charge in [0.15, 0.2) is 0 Å². The number of carbonyl (C=O) groups is 2. The van der Waals surface area contributed by atoms with Gasteiger partial charge in [-0.3, -0.25) is 9.69 Å². The first kappa shape index (κ1) is 14.8. The Morgan fingerprint density at radius 2 is 1.43 bits per heavy atom. The second-order valence-electron chi connectivity index (χ2n) is 6.83. The Hall–Kier alpha value is -1.10. The standard InChI is InChI=1S/C16H27N3O2/c20-14-16(9-5-4-6-10-16)17-15(21)19(14)13-18-11-7-2-1-3-8-12-18/h1-13H2,(H,17,21). The van der Waals surface area contributed by atoms with E-state index in [0.29, 0.717) is 6.67 Å². The average Bonchev–Trinajstić information content (AvgIpc) is 2.66. The Morgan fingerprint density at radius 3 is 2.10 bits per heavy atom. The van der Waals surface area contributed by atoms with E-state index >= 15 is 0 Å². The topological polar surface area (TPSA) is 52.7 Å². The van der Waals surface area contributed by atoms with Gasteiger partial charge < -0.3 is 5.32 Å². The largest absolute Gasteiger partial charge is 0.326 e. The first-order valence-corrected chi connectivity index (χ1v) is 8.58. The maximum Gasteiger partial charge on any atom is 0.326 e. The zero-order chi connectivity index (χ0) is 14.7. The summed E-state index contributed by atoms with van der Waals surface area (Å²) in [5, 5.41) is 3.00. The van der Waals surface area contributed by atoms with Crippen molar-refractivity contribution in [2.45, 2.75) is 69.7 Å². The quantitative estimate of drug-likeness (QED) is 0.796. The summed E-state index contributed by atoms with van der Waals surface area (Å²) >= 11 is 0. The molecule has 0 radical (unpaired) electrons. The molecule has 0 aromatic rings. The number of hydrogen-bond donors (Lipinski definition) is 1. The van der Waals surface area contributed by atoms with E-state index in [9.17, 15) is 9.59 Å². The summed E-state index contributed by atoms with van der Waals surface area (Å²) in [6.07, 6.45) is 11.1. The molecule has 2 heterocycles.